The van der Waals surface area contributed by atoms with Crippen molar-refractivity contribution in [1.29, 1.82) is 0 Å². The van der Waals surface area contributed by atoms with Gasteiger partial charge < -0.3 is 19.8 Å². The van der Waals surface area contributed by atoms with E-state index >= 15 is 0 Å². The first-order valence-electron chi connectivity index (χ1n) is 8.38. The fraction of sp³-hybridized carbons (Fsp3) is 0.647. The number of ether oxygens (including phenoxy) is 1. The quantitative estimate of drug-likeness (QED) is 0.803. The molecule has 23 heavy (non-hydrogen) atoms. The lowest BCUT2D eigenvalue weighted by atomic mass is 9.51. The van der Waals surface area contributed by atoms with Crippen molar-refractivity contribution in [3.8, 4) is 0 Å². The number of carbonyl (C=O) groups is 2. The van der Waals surface area contributed by atoms with Crippen molar-refractivity contribution in [2.45, 2.75) is 51.2 Å². The molecule has 0 aliphatic heterocycles. The molecule has 2 atom stereocenters. The predicted molar refractivity (Wildman–Crippen MR) is 83.9 cm³/mol. The van der Waals surface area contributed by atoms with Crippen LogP contribution >= 0.6 is 0 Å². The highest BCUT2D eigenvalue weighted by Gasteiger charge is 2.59. The summed E-state index contributed by atoms with van der Waals surface area (Å²) in [6, 6.07) is 3.48. The Labute approximate surface area is 135 Å². The Morgan fingerprint density at radius 1 is 1.43 bits per heavy atom. The molecule has 0 aromatic carbocycles. The summed E-state index contributed by atoms with van der Waals surface area (Å²) in [4.78, 5) is 23.8. The minimum atomic E-state index is -0.293. The van der Waals surface area contributed by atoms with Gasteiger partial charge in [0.25, 0.3) is 5.91 Å². The monoisotopic (exact) mass is 320 g/mol. The molecule has 126 valence electrons. The fourth-order valence-corrected chi connectivity index (χ4v) is 3.69. The molecule has 0 unspecified atom stereocenters. The summed E-state index contributed by atoms with van der Waals surface area (Å²) in [5, 5.41) is 5.80. The third kappa shape index (κ3) is 3.13. The van der Waals surface area contributed by atoms with Crippen LogP contribution in [0.3, 0.4) is 0 Å². The van der Waals surface area contributed by atoms with Gasteiger partial charge in [-0.1, -0.05) is 6.42 Å². The van der Waals surface area contributed by atoms with E-state index in [9.17, 15) is 9.59 Å². The minimum Gasteiger partial charge on any atom is -0.459 e. The maximum atomic E-state index is 12.1. The van der Waals surface area contributed by atoms with Crippen LogP contribution < -0.4 is 10.6 Å². The van der Waals surface area contributed by atoms with E-state index in [1.54, 1.807) is 12.1 Å². The number of hydrogen-bond donors (Lipinski definition) is 2. The normalized spacial score (nSPS) is 24.6. The van der Waals surface area contributed by atoms with Gasteiger partial charge in [0.2, 0.25) is 5.91 Å². The first kappa shape index (κ1) is 16.1. The average molecular weight is 320 g/mol. The van der Waals surface area contributed by atoms with E-state index in [-0.39, 0.29) is 35.5 Å². The second-order valence-corrected chi connectivity index (χ2v) is 6.37. The van der Waals surface area contributed by atoms with Crippen molar-refractivity contribution in [1.82, 2.24) is 10.6 Å². The van der Waals surface area contributed by atoms with Crippen LogP contribution in [0.15, 0.2) is 22.8 Å². The second-order valence-electron chi connectivity index (χ2n) is 6.37. The molecule has 2 aliphatic rings. The highest BCUT2D eigenvalue weighted by Crippen LogP contribution is 2.57. The van der Waals surface area contributed by atoms with Crippen LogP contribution in [-0.4, -0.2) is 37.1 Å². The number of hydrogen-bond acceptors (Lipinski definition) is 4. The van der Waals surface area contributed by atoms with Crippen molar-refractivity contribution in [3.05, 3.63) is 24.2 Å². The SMILES string of the molecule is CCO[C@@H]1C[C@@H](NC(=O)CCNC(=O)c2ccco2)C12CCC2. The van der Waals surface area contributed by atoms with Crippen molar-refractivity contribution in [2.24, 2.45) is 5.41 Å². The summed E-state index contributed by atoms with van der Waals surface area (Å²) in [7, 11) is 0. The summed E-state index contributed by atoms with van der Waals surface area (Å²) in [6.45, 7) is 3.05. The maximum Gasteiger partial charge on any atom is 0.286 e. The maximum absolute atomic E-state index is 12.1. The van der Waals surface area contributed by atoms with Crippen LogP contribution in [0.25, 0.3) is 0 Å². The largest absolute Gasteiger partial charge is 0.459 e. The zero-order chi connectivity index (χ0) is 16.3. The number of carbonyl (C=O) groups excluding carboxylic acids is 2. The summed E-state index contributed by atoms with van der Waals surface area (Å²) in [5.74, 6) is -0.0494. The molecule has 2 N–H and O–H groups in total. The molecule has 6 nitrogen and oxygen atoms in total. The Morgan fingerprint density at radius 2 is 2.26 bits per heavy atom. The lowest BCUT2D eigenvalue weighted by molar-refractivity contribution is -0.175. The van der Waals surface area contributed by atoms with Crippen LogP contribution in [0.4, 0.5) is 0 Å². The summed E-state index contributed by atoms with van der Waals surface area (Å²) in [5.41, 5.74) is 0.170. The predicted octanol–water partition coefficient (Wildman–Crippen LogP) is 1.86. The molecule has 2 saturated carbocycles. The van der Waals surface area contributed by atoms with Gasteiger partial charge in [-0.15, -0.1) is 0 Å². The van der Waals surface area contributed by atoms with Gasteiger partial charge in [0.15, 0.2) is 5.76 Å². The summed E-state index contributed by atoms with van der Waals surface area (Å²) >= 11 is 0. The Balaban J connectivity index is 1.39. The number of amides is 2. The summed E-state index contributed by atoms with van der Waals surface area (Å²) in [6.07, 6.45) is 6.41. The second kappa shape index (κ2) is 6.74. The van der Waals surface area contributed by atoms with Gasteiger partial charge >= 0.3 is 0 Å². The zero-order valence-electron chi connectivity index (χ0n) is 13.5. The molecule has 2 fully saturated rings. The average Bonchev–Trinajstić information content (AvgIpc) is 2.98. The lowest BCUT2D eigenvalue weighted by Gasteiger charge is -2.61. The molecule has 1 aromatic heterocycles. The first-order valence-corrected chi connectivity index (χ1v) is 8.38. The van der Waals surface area contributed by atoms with Gasteiger partial charge in [0.05, 0.1) is 12.4 Å². The van der Waals surface area contributed by atoms with Crippen LogP contribution in [0.5, 0.6) is 0 Å². The van der Waals surface area contributed by atoms with Crippen LogP contribution in [0.1, 0.15) is 49.6 Å². The fourth-order valence-electron chi connectivity index (χ4n) is 3.69. The van der Waals surface area contributed by atoms with E-state index in [1.165, 1.54) is 12.7 Å². The minimum absolute atomic E-state index is 0.0176. The Morgan fingerprint density at radius 3 is 2.87 bits per heavy atom. The molecule has 1 aromatic rings. The standard InChI is InChI=1S/C17H24N2O4/c1-2-22-14-11-13(17(14)7-4-8-17)19-15(20)6-9-18-16(21)12-5-3-10-23-12/h3,5,10,13-14H,2,4,6-9,11H2,1H3,(H,18,21)(H,19,20)/t13-,14-/m1/s1. The van der Waals surface area contributed by atoms with E-state index in [0.717, 1.165) is 25.9 Å². The molecular weight excluding hydrogens is 296 g/mol. The van der Waals surface area contributed by atoms with E-state index in [0.29, 0.717) is 12.6 Å². The molecule has 2 amide bonds. The molecule has 0 bridgehead atoms. The smallest absolute Gasteiger partial charge is 0.286 e. The molecule has 0 saturated heterocycles. The van der Waals surface area contributed by atoms with Crippen molar-refractivity contribution < 1.29 is 18.7 Å². The first-order chi connectivity index (χ1) is 11.2. The Kier molecular flexibility index (Phi) is 4.71. The Hall–Kier alpha value is -1.82. The topological polar surface area (TPSA) is 80.6 Å². The molecule has 1 heterocycles. The van der Waals surface area contributed by atoms with Crippen LogP contribution in [0.2, 0.25) is 0 Å². The zero-order valence-corrected chi connectivity index (χ0v) is 13.5. The van der Waals surface area contributed by atoms with Gasteiger partial charge in [-0.3, -0.25) is 9.59 Å². The van der Waals surface area contributed by atoms with Crippen LogP contribution in [0, 0.1) is 5.41 Å². The van der Waals surface area contributed by atoms with Crippen molar-refractivity contribution >= 4 is 11.8 Å². The molecular formula is C17H24N2O4. The highest BCUT2D eigenvalue weighted by atomic mass is 16.5. The molecule has 3 rings (SSSR count). The van der Waals surface area contributed by atoms with Crippen molar-refractivity contribution in [2.75, 3.05) is 13.2 Å². The Bertz CT molecular complexity index is 551. The number of rotatable bonds is 7. The third-order valence-corrected chi connectivity index (χ3v) is 5.16. The van der Waals surface area contributed by atoms with Gasteiger partial charge in [0, 0.05) is 31.0 Å². The van der Waals surface area contributed by atoms with E-state index in [1.807, 2.05) is 6.92 Å². The number of nitrogens with one attached hydrogen (secondary N) is 2. The van der Waals surface area contributed by atoms with Crippen LogP contribution in [-0.2, 0) is 9.53 Å². The molecule has 0 radical (unpaired) electrons. The van der Waals surface area contributed by atoms with Gasteiger partial charge in [-0.2, -0.15) is 0 Å². The van der Waals surface area contributed by atoms with Gasteiger partial charge in [0.1, 0.15) is 0 Å². The van der Waals surface area contributed by atoms with Gasteiger partial charge in [-0.05, 0) is 38.3 Å². The number of furan rings is 1. The molecule has 6 heteroatoms. The van der Waals surface area contributed by atoms with Crippen molar-refractivity contribution in [3.63, 3.8) is 0 Å². The van der Waals surface area contributed by atoms with E-state index in [2.05, 4.69) is 10.6 Å². The van der Waals surface area contributed by atoms with E-state index < -0.39 is 0 Å². The third-order valence-electron chi connectivity index (χ3n) is 5.16. The lowest BCUT2D eigenvalue weighted by Crippen LogP contribution is -2.67. The van der Waals surface area contributed by atoms with Gasteiger partial charge in [-0.25, -0.2) is 0 Å². The summed E-state index contributed by atoms with van der Waals surface area (Å²) < 4.78 is 10.8. The molecule has 1 spiro atoms. The highest BCUT2D eigenvalue weighted by molar-refractivity contribution is 5.91. The molecule has 2 aliphatic carbocycles. The van der Waals surface area contributed by atoms with E-state index in [4.69, 9.17) is 9.15 Å².